The molecule has 3 heteroatoms. The van der Waals surface area contributed by atoms with Crippen LogP contribution < -0.4 is 5.32 Å². The Labute approximate surface area is 104 Å². The molecule has 2 rings (SSSR count). The van der Waals surface area contributed by atoms with Gasteiger partial charge in [-0.2, -0.15) is 0 Å². The van der Waals surface area contributed by atoms with Crippen molar-refractivity contribution in [3.8, 4) is 0 Å². The summed E-state index contributed by atoms with van der Waals surface area (Å²) in [5, 5.41) is 4.66. The Morgan fingerprint density at radius 2 is 1.88 bits per heavy atom. The van der Waals surface area contributed by atoms with E-state index >= 15 is 0 Å². The highest BCUT2D eigenvalue weighted by Crippen LogP contribution is 2.30. The number of nitrogens with one attached hydrogen (secondary N) is 1. The van der Waals surface area contributed by atoms with Gasteiger partial charge in [0.2, 0.25) is 0 Å². The number of aromatic nitrogens is 1. The van der Waals surface area contributed by atoms with E-state index in [0.717, 1.165) is 19.5 Å². The summed E-state index contributed by atoms with van der Waals surface area (Å²) in [6, 6.07) is 0. The second-order valence-electron chi connectivity index (χ2n) is 4.57. The topological polar surface area (TPSA) is 24.9 Å². The molecule has 0 saturated carbocycles. The van der Waals surface area contributed by atoms with Gasteiger partial charge >= 0.3 is 0 Å². The molecule has 1 aromatic heterocycles. The zero-order chi connectivity index (χ0) is 11.5. The molecular formula is C13H26N2S. The van der Waals surface area contributed by atoms with Crippen molar-refractivity contribution >= 4 is 11.3 Å². The minimum Gasteiger partial charge on any atom is -0.311 e. The van der Waals surface area contributed by atoms with Crippen LogP contribution in [0.5, 0.6) is 0 Å². The van der Waals surface area contributed by atoms with Gasteiger partial charge in [-0.15, -0.1) is 11.3 Å². The Hall–Kier alpha value is -0.410. The van der Waals surface area contributed by atoms with Crippen molar-refractivity contribution < 1.29 is 0 Å². The molecule has 94 valence electrons. The van der Waals surface area contributed by atoms with Crippen LogP contribution in [-0.4, -0.2) is 11.5 Å². The molecule has 0 aromatic carbocycles. The van der Waals surface area contributed by atoms with Crippen LogP contribution in [0.3, 0.4) is 0 Å². The van der Waals surface area contributed by atoms with E-state index < -0.39 is 0 Å². The fourth-order valence-electron chi connectivity index (χ4n) is 1.45. The van der Waals surface area contributed by atoms with Crippen LogP contribution in [0.15, 0.2) is 0 Å². The monoisotopic (exact) mass is 242 g/mol. The summed E-state index contributed by atoms with van der Waals surface area (Å²) in [7, 11) is 0. The first kappa shape index (κ1) is 15.6. The second kappa shape index (κ2) is 6.36. The molecule has 0 radical (unpaired) electrons. The highest BCUT2D eigenvalue weighted by Gasteiger charge is 2.22. The summed E-state index contributed by atoms with van der Waals surface area (Å²) in [5.74, 6) is 0. The highest BCUT2D eigenvalue weighted by atomic mass is 32.1. The van der Waals surface area contributed by atoms with E-state index in [1.54, 1.807) is 0 Å². The minimum atomic E-state index is 0. The summed E-state index contributed by atoms with van der Waals surface area (Å²) in [6.45, 7) is 12.8. The predicted molar refractivity (Wildman–Crippen MR) is 74.3 cm³/mol. The van der Waals surface area contributed by atoms with Gasteiger partial charge in [0.15, 0.2) is 0 Å². The Bertz CT molecular complexity index is 287. The lowest BCUT2D eigenvalue weighted by molar-refractivity contribution is 0.578. The molecule has 1 aromatic rings. The van der Waals surface area contributed by atoms with Gasteiger partial charge < -0.3 is 5.32 Å². The van der Waals surface area contributed by atoms with E-state index in [9.17, 15) is 0 Å². The SMILES string of the molecule is C.CC.CC(C)(C)c1nc2c(s1)CNCC2. The first-order valence-electron chi connectivity index (χ1n) is 5.77. The van der Waals surface area contributed by atoms with Crippen molar-refractivity contribution in [2.24, 2.45) is 0 Å². The molecule has 16 heavy (non-hydrogen) atoms. The summed E-state index contributed by atoms with van der Waals surface area (Å²) in [6.07, 6.45) is 1.10. The van der Waals surface area contributed by atoms with Gasteiger partial charge in [0.1, 0.15) is 0 Å². The number of hydrogen-bond acceptors (Lipinski definition) is 3. The zero-order valence-corrected chi connectivity index (χ0v) is 11.3. The Morgan fingerprint density at radius 3 is 2.38 bits per heavy atom. The third kappa shape index (κ3) is 3.56. The van der Waals surface area contributed by atoms with Gasteiger partial charge in [-0.25, -0.2) is 4.98 Å². The number of fused-ring (bicyclic) bond motifs is 1. The summed E-state index contributed by atoms with van der Waals surface area (Å²) in [4.78, 5) is 6.14. The predicted octanol–water partition coefficient (Wildman–Crippen LogP) is 3.75. The van der Waals surface area contributed by atoms with Crippen molar-refractivity contribution in [1.82, 2.24) is 10.3 Å². The maximum Gasteiger partial charge on any atom is 0.0985 e. The Kier molecular flexibility index (Phi) is 6.19. The van der Waals surface area contributed by atoms with Crippen LogP contribution in [0.4, 0.5) is 0 Å². The average molecular weight is 242 g/mol. The maximum atomic E-state index is 4.70. The standard InChI is InChI=1S/C10H16N2S.C2H6.CH4/c1-10(2,3)9-12-7-4-5-11-6-8(7)13-9;1-2;/h11H,4-6H2,1-3H3;1-2H3;1H4. The van der Waals surface area contributed by atoms with E-state index in [1.165, 1.54) is 15.6 Å². The molecule has 1 aliphatic heterocycles. The molecule has 0 spiro atoms. The number of nitrogens with zero attached hydrogens (tertiary/aromatic N) is 1. The van der Waals surface area contributed by atoms with Gasteiger partial charge in [0, 0.05) is 29.8 Å². The Balaban J connectivity index is 0.000000711. The molecule has 0 unspecified atom stereocenters. The van der Waals surface area contributed by atoms with E-state index in [-0.39, 0.29) is 12.8 Å². The van der Waals surface area contributed by atoms with Gasteiger partial charge in [0.05, 0.1) is 10.7 Å². The van der Waals surface area contributed by atoms with E-state index in [4.69, 9.17) is 4.98 Å². The number of thiazole rings is 1. The molecular weight excluding hydrogens is 216 g/mol. The number of rotatable bonds is 0. The molecule has 1 aliphatic rings. The quantitative estimate of drug-likeness (QED) is 0.749. The third-order valence-electron chi connectivity index (χ3n) is 2.24. The Morgan fingerprint density at radius 1 is 1.25 bits per heavy atom. The van der Waals surface area contributed by atoms with Gasteiger partial charge in [0.25, 0.3) is 0 Å². The zero-order valence-electron chi connectivity index (χ0n) is 10.5. The minimum absolute atomic E-state index is 0. The first-order valence-corrected chi connectivity index (χ1v) is 6.59. The lowest BCUT2D eigenvalue weighted by atomic mass is 9.98. The van der Waals surface area contributed by atoms with Gasteiger partial charge in [-0.3, -0.25) is 0 Å². The van der Waals surface area contributed by atoms with Crippen LogP contribution in [0.25, 0.3) is 0 Å². The molecule has 0 atom stereocenters. The van der Waals surface area contributed by atoms with Crippen molar-refractivity contribution in [3.63, 3.8) is 0 Å². The summed E-state index contributed by atoms with van der Waals surface area (Å²) >= 11 is 1.87. The smallest absolute Gasteiger partial charge is 0.0985 e. The normalized spacial score (nSPS) is 14.3. The van der Waals surface area contributed by atoms with Crippen LogP contribution in [0.1, 0.15) is 57.6 Å². The third-order valence-corrected chi connectivity index (χ3v) is 3.77. The van der Waals surface area contributed by atoms with Crippen LogP contribution in [0, 0.1) is 0 Å². The molecule has 0 fully saturated rings. The first-order chi connectivity index (χ1) is 7.07. The van der Waals surface area contributed by atoms with Crippen LogP contribution >= 0.6 is 11.3 Å². The van der Waals surface area contributed by atoms with Crippen LogP contribution in [-0.2, 0) is 18.4 Å². The molecule has 0 saturated heterocycles. The lowest BCUT2D eigenvalue weighted by Gasteiger charge is -2.13. The van der Waals surface area contributed by atoms with E-state index in [2.05, 4.69) is 26.1 Å². The molecule has 2 heterocycles. The summed E-state index contributed by atoms with van der Waals surface area (Å²) < 4.78 is 0. The van der Waals surface area contributed by atoms with Crippen molar-refractivity contribution in [2.75, 3.05) is 6.54 Å². The van der Waals surface area contributed by atoms with E-state index in [0.29, 0.717) is 0 Å². The van der Waals surface area contributed by atoms with Crippen molar-refractivity contribution in [2.45, 2.75) is 60.4 Å². The van der Waals surface area contributed by atoms with Gasteiger partial charge in [-0.1, -0.05) is 42.0 Å². The largest absolute Gasteiger partial charge is 0.311 e. The highest BCUT2D eigenvalue weighted by molar-refractivity contribution is 7.11. The van der Waals surface area contributed by atoms with E-state index in [1.807, 2.05) is 25.2 Å². The van der Waals surface area contributed by atoms with Gasteiger partial charge in [-0.05, 0) is 0 Å². The van der Waals surface area contributed by atoms with Crippen molar-refractivity contribution in [1.29, 1.82) is 0 Å². The lowest BCUT2D eigenvalue weighted by Crippen LogP contribution is -2.22. The molecule has 0 amide bonds. The molecule has 0 aliphatic carbocycles. The number of hydrogen-bond donors (Lipinski definition) is 1. The summed E-state index contributed by atoms with van der Waals surface area (Å²) in [5.41, 5.74) is 1.54. The fourth-order valence-corrected chi connectivity index (χ4v) is 2.58. The fraction of sp³-hybridized carbons (Fsp3) is 0.769. The van der Waals surface area contributed by atoms with Crippen molar-refractivity contribution in [3.05, 3.63) is 15.6 Å². The van der Waals surface area contributed by atoms with Crippen LogP contribution in [0.2, 0.25) is 0 Å². The molecule has 2 nitrogen and oxygen atoms in total. The average Bonchev–Trinajstić information content (AvgIpc) is 2.63. The second-order valence-corrected chi connectivity index (χ2v) is 5.65. The molecule has 1 N–H and O–H groups in total. The molecule has 0 bridgehead atoms. The maximum absolute atomic E-state index is 4.70.